The van der Waals surface area contributed by atoms with Crippen LogP contribution in [0.5, 0.6) is 0 Å². The van der Waals surface area contributed by atoms with Crippen LogP contribution >= 0.6 is 0 Å². The van der Waals surface area contributed by atoms with Gasteiger partial charge in [0, 0.05) is 24.3 Å². The molecule has 1 unspecified atom stereocenters. The van der Waals surface area contributed by atoms with Gasteiger partial charge >= 0.3 is 0 Å². The molecular formula is C18H29N3O2. The van der Waals surface area contributed by atoms with Crippen LogP contribution in [-0.4, -0.2) is 35.8 Å². The summed E-state index contributed by atoms with van der Waals surface area (Å²) < 4.78 is 0. The highest BCUT2D eigenvalue weighted by Crippen LogP contribution is 2.13. The van der Waals surface area contributed by atoms with E-state index in [4.69, 9.17) is 5.73 Å². The molecule has 0 aliphatic carbocycles. The van der Waals surface area contributed by atoms with Gasteiger partial charge in [0.05, 0.1) is 6.04 Å². The Morgan fingerprint density at radius 1 is 1.04 bits per heavy atom. The van der Waals surface area contributed by atoms with E-state index in [2.05, 4.69) is 19.2 Å². The molecule has 5 nitrogen and oxygen atoms in total. The fourth-order valence-corrected chi connectivity index (χ4v) is 2.41. The summed E-state index contributed by atoms with van der Waals surface area (Å²) in [5, 5.41) is 2.78. The molecule has 0 aromatic heterocycles. The average molecular weight is 319 g/mol. The van der Waals surface area contributed by atoms with Crippen molar-refractivity contribution in [3.63, 3.8) is 0 Å². The lowest BCUT2D eigenvalue weighted by molar-refractivity contribution is -0.117. The van der Waals surface area contributed by atoms with E-state index in [0.29, 0.717) is 17.7 Å². The maximum absolute atomic E-state index is 12.5. The second kappa shape index (κ2) is 10.0. The lowest BCUT2D eigenvalue weighted by Gasteiger charge is -2.21. The second-order valence-corrected chi connectivity index (χ2v) is 5.75. The van der Waals surface area contributed by atoms with Crippen molar-refractivity contribution in [2.45, 2.75) is 52.5 Å². The fourth-order valence-electron chi connectivity index (χ4n) is 2.41. The Bertz CT molecular complexity index is 493. The van der Waals surface area contributed by atoms with Crippen molar-refractivity contribution in [3.8, 4) is 0 Å². The SMILES string of the molecule is CCCC(N)C(=O)Nc1ccc(C(=O)N(CCC)CCC)cc1. The molecule has 128 valence electrons. The van der Waals surface area contributed by atoms with Crippen molar-refractivity contribution in [3.05, 3.63) is 29.8 Å². The summed E-state index contributed by atoms with van der Waals surface area (Å²) in [6.45, 7) is 7.64. The van der Waals surface area contributed by atoms with Crippen molar-refractivity contribution >= 4 is 17.5 Å². The molecule has 0 heterocycles. The molecule has 0 radical (unpaired) electrons. The molecular weight excluding hydrogens is 290 g/mol. The minimum Gasteiger partial charge on any atom is -0.339 e. The van der Waals surface area contributed by atoms with Gasteiger partial charge in [0.25, 0.3) is 5.91 Å². The fraction of sp³-hybridized carbons (Fsp3) is 0.556. The summed E-state index contributed by atoms with van der Waals surface area (Å²) in [5.74, 6) is -0.154. The number of anilines is 1. The van der Waals surface area contributed by atoms with E-state index in [0.717, 1.165) is 32.4 Å². The number of rotatable bonds is 9. The smallest absolute Gasteiger partial charge is 0.253 e. The number of nitrogens with one attached hydrogen (secondary N) is 1. The van der Waals surface area contributed by atoms with E-state index in [1.54, 1.807) is 24.3 Å². The largest absolute Gasteiger partial charge is 0.339 e. The summed E-state index contributed by atoms with van der Waals surface area (Å²) in [6.07, 6.45) is 3.41. The first-order chi connectivity index (χ1) is 11.0. The van der Waals surface area contributed by atoms with Crippen LogP contribution in [-0.2, 0) is 4.79 Å². The zero-order chi connectivity index (χ0) is 17.2. The maximum atomic E-state index is 12.5. The van der Waals surface area contributed by atoms with Gasteiger partial charge in [-0.2, -0.15) is 0 Å². The van der Waals surface area contributed by atoms with Crippen LogP contribution in [0.1, 0.15) is 56.8 Å². The lowest BCUT2D eigenvalue weighted by Crippen LogP contribution is -2.35. The molecule has 0 fully saturated rings. The molecule has 3 N–H and O–H groups in total. The van der Waals surface area contributed by atoms with Gasteiger partial charge in [0.2, 0.25) is 5.91 Å². The van der Waals surface area contributed by atoms with Crippen LogP contribution in [0.2, 0.25) is 0 Å². The third kappa shape index (κ3) is 6.02. The Morgan fingerprint density at radius 3 is 2.09 bits per heavy atom. The molecule has 1 aromatic carbocycles. The predicted molar refractivity (Wildman–Crippen MR) is 94.4 cm³/mol. The molecule has 2 amide bonds. The van der Waals surface area contributed by atoms with Crippen LogP contribution in [0.25, 0.3) is 0 Å². The molecule has 0 saturated heterocycles. The monoisotopic (exact) mass is 319 g/mol. The molecule has 0 aliphatic rings. The summed E-state index contributed by atoms with van der Waals surface area (Å²) in [6, 6.07) is 6.51. The van der Waals surface area contributed by atoms with Crippen molar-refractivity contribution in [2.75, 3.05) is 18.4 Å². The predicted octanol–water partition coefficient (Wildman–Crippen LogP) is 3.01. The van der Waals surface area contributed by atoms with Crippen LogP contribution in [0.4, 0.5) is 5.69 Å². The van der Waals surface area contributed by atoms with Gasteiger partial charge in [0.15, 0.2) is 0 Å². The quantitative estimate of drug-likeness (QED) is 0.734. The number of nitrogens with two attached hydrogens (primary N) is 1. The molecule has 1 aromatic rings. The maximum Gasteiger partial charge on any atom is 0.253 e. The Kier molecular flexibility index (Phi) is 8.33. The number of carbonyl (C=O) groups excluding carboxylic acids is 2. The standard InChI is InChI=1S/C18H29N3O2/c1-4-7-16(19)17(22)20-15-10-8-14(9-11-15)18(23)21(12-5-2)13-6-3/h8-11,16H,4-7,12-13,19H2,1-3H3,(H,20,22). The molecule has 5 heteroatoms. The summed E-state index contributed by atoms with van der Waals surface area (Å²) >= 11 is 0. The molecule has 0 bridgehead atoms. The van der Waals surface area contributed by atoms with Crippen molar-refractivity contribution < 1.29 is 9.59 Å². The molecule has 0 spiro atoms. The molecule has 1 rings (SSSR count). The first-order valence-electron chi connectivity index (χ1n) is 8.49. The normalized spacial score (nSPS) is 11.8. The van der Waals surface area contributed by atoms with E-state index in [9.17, 15) is 9.59 Å². The Balaban J connectivity index is 2.71. The molecule has 23 heavy (non-hydrogen) atoms. The van der Waals surface area contributed by atoms with Crippen molar-refractivity contribution in [1.29, 1.82) is 0 Å². The second-order valence-electron chi connectivity index (χ2n) is 5.75. The highest BCUT2D eigenvalue weighted by atomic mass is 16.2. The van der Waals surface area contributed by atoms with Gasteiger partial charge in [-0.15, -0.1) is 0 Å². The van der Waals surface area contributed by atoms with Gasteiger partial charge in [-0.25, -0.2) is 0 Å². The zero-order valence-electron chi connectivity index (χ0n) is 14.5. The molecule has 0 saturated carbocycles. The van der Waals surface area contributed by atoms with E-state index < -0.39 is 6.04 Å². The number of amides is 2. The van der Waals surface area contributed by atoms with E-state index in [1.807, 2.05) is 11.8 Å². The zero-order valence-corrected chi connectivity index (χ0v) is 14.5. The van der Waals surface area contributed by atoms with Crippen molar-refractivity contribution in [1.82, 2.24) is 4.90 Å². The summed E-state index contributed by atoms with van der Waals surface area (Å²) in [7, 11) is 0. The minimum absolute atomic E-state index is 0.0364. The van der Waals surface area contributed by atoms with Gasteiger partial charge in [-0.05, 0) is 43.5 Å². The molecule has 1 atom stereocenters. The number of nitrogens with zero attached hydrogens (tertiary/aromatic N) is 1. The van der Waals surface area contributed by atoms with E-state index >= 15 is 0 Å². The van der Waals surface area contributed by atoms with Crippen LogP contribution in [0.3, 0.4) is 0 Å². The van der Waals surface area contributed by atoms with Crippen LogP contribution in [0.15, 0.2) is 24.3 Å². The first-order valence-corrected chi connectivity index (χ1v) is 8.49. The number of benzene rings is 1. The highest BCUT2D eigenvalue weighted by molar-refractivity contribution is 5.97. The third-order valence-corrected chi connectivity index (χ3v) is 3.61. The van der Waals surface area contributed by atoms with E-state index in [-0.39, 0.29) is 11.8 Å². The first kappa shape index (κ1) is 19.2. The van der Waals surface area contributed by atoms with Gasteiger partial charge in [-0.3, -0.25) is 9.59 Å². The summed E-state index contributed by atoms with van der Waals surface area (Å²) in [4.78, 5) is 26.2. The average Bonchev–Trinajstić information content (AvgIpc) is 2.55. The van der Waals surface area contributed by atoms with Gasteiger partial charge in [0.1, 0.15) is 0 Å². The lowest BCUT2D eigenvalue weighted by atomic mass is 10.1. The minimum atomic E-state index is -0.495. The number of hydrogen-bond acceptors (Lipinski definition) is 3. The number of hydrogen-bond donors (Lipinski definition) is 2. The summed E-state index contributed by atoms with van der Waals surface area (Å²) in [5.41, 5.74) is 7.09. The Labute approximate surface area is 139 Å². The Hall–Kier alpha value is -1.88. The van der Waals surface area contributed by atoms with Gasteiger partial charge < -0.3 is 16.0 Å². The highest BCUT2D eigenvalue weighted by Gasteiger charge is 2.15. The van der Waals surface area contributed by atoms with E-state index in [1.165, 1.54) is 0 Å². The van der Waals surface area contributed by atoms with Crippen molar-refractivity contribution in [2.24, 2.45) is 5.73 Å². The Morgan fingerprint density at radius 2 is 1.61 bits per heavy atom. The topological polar surface area (TPSA) is 75.4 Å². The van der Waals surface area contributed by atoms with Gasteiger partial charge in [-0.1, -0.05) is 27.2 Å². The number of carbonyl (C=O) groups is 2. The third-order valence-electron chi connectivity index (χ3n) is 3.61. The van der Waals surface area contributed by atoms with Crippen LogP contribution in [0, 0.1) is 0 Å². The van der Waals surface area contributed by atoms with Crippen LogP contribution < -0.4 is 11.1 Å². The molecule has 0 aliphatic heterocycles.